The lowest BCUT2D eigenvalue weighted by atomic mass is 9.93. The molecule has 1 aromatic rings. The minimum absolute atomic E-state index is 0.00455. The number of rotatable bonds is 6. The average molecular weight is 262 g/mol. The van der Waals surface area contributed by atoms with Crippen LogP contribution < -0.4 is 11.1 Å². The van der Waals surface area contributed by atoms with Gasteiger partial charge in [0.2, 0.25) is 5.91 Å². The van der Waals surface area contributed by atoms with Crippen LogP contribution in [0.3, 0.4) is 0 Å². The van der Waals surface area contributed by atoms with Crippen molar-refractivity contribution in [3.63, 3.8) is 0 Å². The maximum atomic E-state index is 12.3. The summed E-state index contributed by atoms with van der Waals surface area (Å²) in [6, 6.07) is 5.98. The highest BCUT2D eigenvalue weighted by Gasteiger charge is 2.19. The third-order valence-electron chi connectivity index (χ3n) is 3.50. The number of amides is 1. The topological polar surface area (TPSA) is 55.1 Å². The van der Waals surface area contributed by atoms with Gasteiger partial charge >= 0.3 is 0 Å². The molecule has 0 bridgehead atoms. The molecule has 0 spiro atoms. The van der Waals surface area contributed by atoms with E-state index in [1.54, 1.807) is 0 Å². The molecule has 0 saturated carbocycles. The largest absolute Gasteiger partial charge is 0.330 e. The highest BCUT2D eigenvalue weighted by Crippen LogP contribution is 2.21. The molecule has 1 aromatic carbocycles. The summed E-state index contributed by atoms with van der Waals surface area (Å²) in [7, 11) is 0. The van der Waals surface area contributed by atoms with E-state index in [1.165, 1.54) is 5.56 Å². The van der Waals surface area contributed by atoms with Crippen molar-refractivity contribution in [1.29, 1.82) is 0 Å². The molecular formula is C16H26N2O. The van der Waals surface area contributed by atoms with E-state index in [1.807, 2.05) is 19.1 Å². The molecular weight excluding hydrogens is 236 g/mol. The standard InChI is InChI=1S/C16H26N2O/c1-11(2)10-14(8-9-17)16(19)18-15-7-5-6-12(3)13(15)4/h5-7,11,14H,8-10,17H2,1-4H3,(H,18,19). The predicted molar refractivity (Wildman–Crippen MR) is 81.2 cm³/mol. The summed E-state index contributed by atoms with van der Waals surface area (Å²) >= 11 is 0. The highest BCUT2D eigenvalue weighted by molar-refractivity contribution is 5.93. The fourth-order valence-electron chi connectivity index (χ4n) is 2.25. The van der Waals surface area contributed by atoms with Gasteiger partial charge in [0.05, 0.1) is 0 Å². The molecule has 0 aliphatic carbocycles. The van der Waals surface area contributed by atoms with Crippen LogP contribution in [-0.4, -0.2) is 12.5 Å². The fraction of sp³-hybridized carbons (Fsp3) is 0.562. The van der Waals surface area contributed by atoms with Gasteiger partial charge in [0, 0.05) is 11.6 Å². The molecule has 0 heterocycles. The second-order valence-corrected chi connectivity index (χ2v) is 5.64. The Hall–Kier alpha value is -1.35. The van der Waals surface area contributed by atoms with Crippen LogP contribution in [0.15, 0.2) is 18.2 Å². The monoisotopic (exact) mass is 262 g/mol. The predicted octanol–water partition coefficient (Wildman–Crippen LogP) is 3.25. The summed E-state index contributed by atoms with van der Waals surface area (Å²) in [6.07, 6.45) is 1.63. The molecule has 0 aromatic heterocycles. The molecule has 0 aliphatic rings. The number of nitrogens with one attached hydrogen (secondary N) is 1. The molecule has 19 heavy (non-hydrogen) atoms. The lowest BCUT2D eigenvalue weighted by Crippen LogP contribution is -2.26. The summed E-state index contributed by atoms with van der Waals surface area (Å²) in [5, 5.41) is 3.05. The van der Waals surface area contributed by atoms with Crippen molar-refractivity contribution in [2.45, 2.75) is 40.5 Å². The van der Waals surface area contributed by atoms with Gasteiger partial charge in [-0.15, -0.1) is 0 Å². The molecule has 3 heteroatoms. The molecule has 106 valence electrons. The Bertz CT molecular complexity index is 427. The normalized spacial score (nSPS) is 12.5. The van der Waals surface area contributed by atoms with Gasteiger partial charge in [-0.1, -0.05) is 26.0 Å². The Morgan fingerprint density at radius 1 is 1.32 bits per heavy atom. The number of hydrogen-bond donors (Lipinski definition) is 2. The quantitative estimate of drug-likeness (QED) is 0.826. The van der Waals surface area contributed by atoms with Gasteiger partial charge in [0.25, 0.3) is 0 Å². The Labute approximate surface area is 116 Å². The Morgan fingerprint density at radius 3 is 2.58 bits per heavy atom. The van der Waals surface area contributed by atoms with Crippen LogP contribution in [0.2, 0.25) is 0 Å². The van der Waals surface area contributed by atoms with E-state index in [0.717, 1.165) is 24.1 Å². The maximum Gasteiger partial charge on any atom is 0.227 e. The third kappa shape index (κ3) is 4.67. The molecule has 1 unspecified atom stereocenters. The fourth-order valence-corrected chi connectivity index (χ4v) is 2.25. The summed E-state index contributed by atoms with van der Waals surface area (Å²) in [5.41, 5.74) is 8.85. The van der Waals surface area contributed by atoms with Gasteiger partial charge < -0.3 is 11.1 Å². The van der Waals surface area contributed by atoms with E-state index in [0.29, 0.717) is 12.5 Å². The van der Waals surface area contributed by atoms with Crippen LogP contribution in [0.25, 0.3) is 0 Å². The smallest absolute Gasteiger partial charge is 0.227 e. The van der Waals surface area contributed by atoms with Crippen LogP contribution >= 0.6 is 0 Å². The minimum Gasteiger partial charge on any atom is -0.330 e. The number of hydrogen-bond acceptors (Lipinski definition) is 2. The first kappa shape index (κ1) is 15.7. The van der Waals surface area contributed by atoms with Crippen molar-refractivity contribution < 1.29 is 4.79 Å². The lowest BCUT2D eigenvalue weighted by Gasteiger charge is -2.19. The first-order chi connectivity index (χ1) is 8.95. The highest BCUT2D eigenvalue weighted by atomic mass is 16.1. The molecule has 3 N–H and O–H groups in total. The third-order valence-corrected chi connectivity index (χ3v) is 3.50. The summed E-state index contributed by atoms with van der Waals surface area (Å²) in [5.74, 6) is 0.596. The molecule has 3 nitrogen and oxygen atoms in total. The number of carbonyl (C=O) groups is 1. The first-order valence-corrected chi connectivity index (χ1v) is 7.02. The number of carbonyl (C=O) groups excluding carboxylic acids is 1. The summed E-state index contributed by atoms with van der Waals surface area (Å²) in [4.78, 5) is 12.3. The number of anilines is 1. The van der Waals surface area contributed by atoms with E-state index in [4.69, 9.17) is 5.73 Å². The maximum absolute atomic E-state index is 12.3. The molecule has 0 saturated heterocycles. The SMILES string of the molecule is Cc1cccc(NC(=O)C(CCN)CC(C)C)c1C. The lowest BCUT2D eigenvalue weighted by molar-refractivity contribution is -0.120. The summed E-state index contributed by atoms with van der Waals surface area (Å²) < 4.78 is 0. The number of aryl methyl sites for hydroxylation is 1. The average Bonchev–Trinajstić information content (AvgIpc) is 2.34. The zero-order chi connectivity index (χ0) is 14.4. The van der Waals surface area contributed by atoms with Gasteiger partial charge in [0.15, 0.2) is 0 Å². The number of nitrogens with two attached hydrogens (primary N) is 1. The Kier molecular flexibility index (Phi) is 6.03. The van der Waals surface area contributed by atoms with Crippen LogP contribution in [0.4, 0.5) is 5.69 Å². The molecule has 0 radical (unpaired) electrons. The van der Waals surface area contributed by atoms with Gasteiger partial charge in [-0.3, -0.25) is 4.79 Å². The molecule has 1 atom stereocenters. The second kappa shape index (κ2) is 7.29. The van der Waals surface area contributed by atoms with Crippen molar-refractivity contribution in [2.75, 3.05) is 11.9 Å². The van der Waals surface area contributed by atoms with Crippen molar-refractivity contribution in [1.82, 2.24) is 0 Å². The van der Waals surface area contributed by atoms with Gasteiger partial charge in [0.1, 0.15) is 0 Å². The van der Waals surface area contributed by atoms with Crippen LogP contribution in [0.5, 0.6) is 0 Å². The first-order valence-electron chi connectivity index (χ1n) is 7.02. The van der Waals surface area contributed by atoms with E-state index < -0.39 is 0 Å². The van der Waals surface area contributed by atoms with E-state index in [2.05, 4.69) is 32.2 Å². The van der Waals surface area contributed by atoms with Crippen molar-refractivity contribution in [2.24, 2.45) is 17.6 Å². The van der Waals surface area contributed by atoms with Crippen molar-refractivity contribution in [3.8, 4) is 0 Å². The molecule has 1 rings (SSSR count). The Balaban J connectivity index is 2.78. The van der Waals surface area contributed by atoms with Gasteiger partial charge in [-0.05, 0) is 56.3 Å². The van der Waals surface area contributed by atoms with E-state index in [9.17, 15) is 4.79 Å². The van der Waals surface area contributed by atoms with E-state index >= 15 is 0 Å². The van der Waals surface area contributed by atoms with Crippen LogP contribution in [0.1, 0.15) is 37.8 Å². The zero-order valence-electron chi connectivity index (χ0n) is 12.5. The molecule has 0 aliphatic heterocycles. The Morgan fingerprint density at radius 2 is 2.00 bits per heavy atom. The van der Waals surface area contributed by atoms with E-state index in [-0.39, 0.29) is 11.8 Å². The number of benzene rings is 1. The minimum atomic E-state index is 0.00455. The van der Waals surface area contributed by atoms with Crippen molar-refractivity contribution >= 4 is 11.6 Å². The van der Waals surface area contributed by atoms with Gasteiger partial charge in [-0.2, -0.15) is 0 Å². The molecule has 0 fully saturated rings. The zero-order valence-corrected chi connectivity index (χ0v) is 12.5. The molecule has 1 amide bonds. The van der Waals surface area contributed by atoms with Crippen LogP contribution in [-0.2, 0) is 4.79 Å². The van der Waals surface area contributed by atoms with Crippen molar-refractivity contribution in [3.05, 3.63) is 29.3 Å². The van der Waals surface area contributed by atoms with Gasteiger partial charge in [-0.25, -0.2) is 0 Å². The summed E-state index contributed by atoms with van der Waals surface area (Å²) in [6.45, 7) is 8.91. The second-order valence-electron chi connectivity index (χ2n) is 5.64. The van der Waals surface area contributed by atoms with Crippen LogP contribution in [0, 0.1) is 25.7 Å².